The van der Waals surface area contributed by atoms with E-state index in [-0.39, 0.29) is 5.91 Å². The van der Waals surface area contributed by atoms with E-state index in [9.17, 15) is 4.79 Å². The molecule has 0 atom stereocenters. The molecule has 0 N–H and O–H groups in total. The zero-order valence-electron chi connectivity index (χ0n) is 16.7. The second-order valence-corrected chi connectivity index (χ2v) is 7.24. The standard InChI is InChI=1S/C23H26N4O2/c1-19-24-11-12-26(19)16-13-25-14-17-27(18-15-25)23(28)20-7-9-22(10-8-20)29-21-5-3-2-4-6-21/h2-12H,13-18H2,1H3. The van der Waals surface area contributed by atoms with Crippen LogP contribution in [0.2, 0.25) is 0 Å². The first-order valence-corrected chi connectivity index (χ1v) is 10.0. The molecular weight excluding hydrogens is 364 g/mol. The van der Waals surface area contributed by atoms with Crippen molar-refractivity contribution in [3.63, 3.8) is 0 Å². The number of hydrogen-bond acceptors (Lipinski definition) is 4. The van der Waals surface area contributed by atoms with Gasteiger partial charge in [0.1, 0.15) is 17.3 Å². The molecule has 1 fully saturated rings. The number of nitrogens with zero attached hydrogens (tertiary/aromatic N) is 4. The third-order valence-electron chi connectivity index (χ3n) is 5.32. The van der Waals surface area contributed by atoms with E-state index in [1.54, 1.807) is 0 Å². The zero-order chi connectivity index (χ0) is 20.1. The highest BCUT2D eigenvalue weighted by molar-refractivity contribution is 5.94. The zero-order valence-corrected chi connectivity index (χ0v) is 16.7. The maximum atomic E-state index is 12.8. The Kier molecular flexibility index (Phi) is 5.91. The Labute approximate surface area is 171 Å². The number of aromatic nitrogens is 2. The summed E-state index contributed by atoms with van der Waals surface area (Å²) >= 11 is 0. The van der Waals surface area contributed by atoms with Crippen LogP contribution in [0.3, 0.4) is 0 Å². The van der Waals surface area contributed by atoms with Crippen LogP contribution in [-0.4, -0.2) is 58.0 Å². The van der Waals surface area contributed by atoms with Gasteiger partial charge < -0.3 is 14.2 Å². The summed E-state index contributed by atoms with van der Waals surface area (Å²) in [4.78, 5) is 21.4. The molecular formula is C23H26N4O2. The smallest absolute Gasteiger partial charge is 0.253 e. The second kappa shape index (κ2) is 8.92. The van der Waals surface area contributed by atoms with Crippen LogP contribution < -0.4 is 4.74 Å². The topological polar surface area (TPSA) is 50.6 Å². The Bertz CT molecular complexity index is 929. The molecule has 0 bridgehead atoms. The lowest BCUT2D eigenvalue weighted by molar-refractivity contribution is 0.0633. The molecule has 29 heavy (non-hydrogen) atoms. The third-order valence-corrected chi connectivity index (χ3v) is 5.32. The second-order valence-electron chi connectivity index (χ2n) is 7.24. The van der Waals surface area contributed by atoms with Gasteiger partial charge in [-0.05, 0) is 43.3 Å². The van der Waals surface area contributed by atoms with Crippen molar-refractivity contribution in [2.45, 2.75) is 13.5 Å². The van der Waals surface area contributed by atoms with Crippen molar-refractivity contribution in [3.05, 3.63) is 78.4 Å². The van der Waals surface area contributed by atoms with Gasteiger partial charge in [-0.2, -0.15) is 0 Å². The van der Waals surface area contributed by atoms with Gasteiger partial charge in [0.15, 0.2) is 0 Å². The number of rotatable bonds is 6. The number of aryl methyl sites for hydroxylation is 1. The van der Waals surface area contributed by atoms with Gasteiger partial charge in [-0.1, -0.05) is 18.2 Å². The van der Waals surface area contributed by atoms with Crippen LogP contribution in [0.4, 0.5) is 0 Å². The van der Waals surface area contributed by atoms with E-state index in [1.807, 2.05) is 78.8 Å². The first kappa shape index (κ1) is 19.2. The molecule has 2 heterocycles. The molecule has 0 spiro atoms. The average molecular weight is 390 g/mol. The Balaban J connectivity index is 1.27. The van der Waals surface area contributed by atoms with Crippen molar-refractivity contribution in [1.82, 2.24) is 19.4 Å². The minimum absolute atomic E-state index is 0.0846. The lowest BCUT2D eigenvalue weighted by Gasteiger charge is -2.34. The van der Waals surface area contributed by atoms with Crippen LogP contribution in [0.25, 0.3) is 0 Å². The number of carbonyl (C=O) groups is 1. The molecule has 0 aliphatic carbocycles. The number of hydrogen-bond donors (Lipinski definition) is 0. The molecule has 1 amide bonds. The summed E-state index contributed by atoms with van der Waals surface area (Å²) in [6.45, 7) is 7.23. The van der Waals surface area contributed by atoms with Crippen molar-refractivity contribution in [2.24, 2.45) is 0 Å². The van der Waals surface area contributed by atoms with Crippen molar-refractivity contribution in [3.8, 4) is 11.5 Å². The number of piperazine rings is 1. The summed E-state index contributed by atoms with van der Waals surface area (Å²) in [6, 6.07) is 17.0. The fourth-order valence-electron chi connectivity index (χ4n) is 3.54. The van der Waals surface area contributed by atoms with Gasteiger partial charge in [0, 0.05) is 57.2 Å². The van der Waals surface area contributed by atoms with Crippen molar-refractivity contribution < 1.29 is 9.53 Å². The van der Waals surface area contributed by atoms with E-state index in [0.29, 0.717) is 5.56 Å². The summed E-state index contributed by atoms with van der Waals surface area (Å²) < 4.78 is 7.96. The van der Waals surface area contributed by atoms with Gasteiger partial charge in [-0.3, -0.25) is 9.69 Å². The quantitative estimate of drug-likeness (QED) is 0.647. The summed E-state index contributed by atoms with van der Waals surface area (Å²) in [6.07, 6.45) is 3.85. The fourth-order valence-corrected chi connectivity index (χ4v) is 3.54. The molecule has 0 radical (unpaired) electrons. The Morgan fingerprint density at radius 2 is 1.62 bits per heavy atom. The monoisotopic (exact) mass is 390 g/mol. The highest BCUT2D eigenvalue weighted by Crippen LogP contribution is 2.21. The molecule has 6 nitrogen and oxygen atoms in total. The third kappa shape index (κ3) is 4.84. The Morgan fingerprint density at radius 3 is 2.28 bits per heavy atom. The first-order valence-electron chi connectivity index (χ1n) is 10.0. The van der Waals surface area contributed by atoms with Gasteiger partial charge >= 0.3 is 0 Å². The molecule has 0 saturated carbocycles. The van der Waals surface area contributed by atoms with Crippen LogP contribution in [0, 0.1) is 6.92 Å². The van der Waals surface area contributed by atoms with Gasteiger partial charge in [0.2, 0.25) is 0 Å². The van der Waals surface area contributed by atoms with Crippen molar-refractivity contribution in [1.29, 1.82) is 0 Å². The van der Waals surface area contributed by atoms with E-state index in [2.05, 4.69) is 14.5 Å². The number of imidazole rings is 1. The molecule has 1 saturated heterocycles. The van der Waals surface area contributed by atoms with Crippen molar-refractivity contribution >= 4 is 5.91 Å². The van der Waals surface area contributed by atoms with Crippen LogP contribution >= 0.6 is 0 Å². The molecule has 3 aromatic rings. The number of carbonyl (C=O) groups excluding carboxylic acids is 1. The number of ether oxygens (including phenoxy) is 1. The first-order chi connectivity index (χ1) is 14.2. The summed E-state index contributed by atoms with van der Waals surface area (Å²) in [5.41, 5.74) is 0.702. The predicted molar refractivity (Wildman–Crippen MR) is 112 cm³/mol. The molecule has 4 rings (SSSR count). The van der Waals surface area contributed by atoms with Gasteiger partial charge in [0.25, 0.3) is 5.91 Å². The van der Waals surface area contributed by atoms with E-state index in [4.69, 9.17) is 4.74 Å². The van der Waals surface area contributed by atoms with Crippen LogP contribution in [0.1, 0.15) is 16.2 Å². The number of amides is 1. The molecule has 2 aromatic carbocycles. The molecule has 0 unspecified atom stereocenters. The highest BCUT2D eigenvalue weighted by atomic mass is 16.5. The van der Waals surface area contributed by atoms with Crippen LogP contribution in [-0.2, 0) is 6.54 Å². The Morgan fingerprint density at radius 1 is 0.931 bits per heavy atom. The summed E-state index contributed by atoms with van der Waals surface area (Å²) in [5.74, 6) is 2.64. The summed E-state index contributed by atoms with van der Waals surface area (Å²) in [7, 11) is 0. The maximum Gasteiger partial charge on any atom is 0.253 e. The molecule has 150 valence electrons. The normalized spacial score (nSPS) is 14.7. The lowest BCUT2D eigenvalue weighted by atomic mass is 10.1. The lowest BCUT2D eigenvalue weighted by Crippen LogP contribution is -2.49. The minimum atomic E-state index is 0.0846. The van der Waals surface area contributed by atoms with E-state index in [0.717, 1.165) is 56.6 Å². The van der Waals surface area contributed by atoms with Crippen LogP contribution in [0.15, 0.2) is 67.0 Å². The largest absolute Gasteiger partial charge is 0.457 e. The van der Waals surface area contributed by atoms with E-state index >= 15 is 0 Å². The SMILES string of the molecule is Cc1nccn1CCN1CCN(C(=O)c2ccc(Oc3ccccc3)cc2)CC1. The molecule has 1 aromatic heterocycles. The van der Waals surface area contributed by atoms with Crippen molar-refractivity contribution in [2.75, 3.05) is 32.7 Å². The van der Waals surface area contributed by atoms with Gasteiger partial charge in [0.05, 0.1) is 0 Å². The Hall–Kier alpha value is -3.12. The highest BCUT2D eigenvalue weighted by Gasteiger charge is 2.22. The molecule has 1 aliphatic heterocycles. The average Bonchev–Trinajstić information content (AvgIpc) is 3.18. The van der Waals surface area contributed by atoms with Gasteiger partial charge in [-0.15, -0.1) is 0 Å². The fraction of sp³-hybridized carbons (Fsp3) is 0.304. The predicted octanol–water partition coefficient (Wildman–Crippen LogP) is 3.44. The van der Waals surface area contributed by atoms with E-state index < -0.39 is 0 Å². The minimum Gasteiger partial charge on any atom is -0.457 e. The number of para-hydroxylation sites is 1. The summed E-state index contributed by atoms with van der Waals surface area (Å²) in [5, 5.41) is 0. The maximum absolute atomic E-state index is 12.8. The number of benzene rings is 2. The van der Waals surface area contributed by atoms with Crippen LogP contribution in [0.5, 0.6) is 11.5 Å². The molecule has 1 aliphatic rings. The molecule has 6 heteroatoms. The van der Waals surface area contributed by atoms with Gasteiger partial charge in [-0.25, -0.2) is 4.98 Å². The van der Waals surface area contributed by atoms with E-state index in [1.165, 1.54) is 0 Å².